The number of aromatic carboxylic acids is 2. The first-order valence-corrected chi connectivity index (χ1v) is 7.43. The van der Waals surface area contributed by atoms with Crippen LogP contribution in [0.5, 0.6) is 11.5 Å². The van der Waals surface area contributed by atoms with Gasteiger partial charge in [0.1, 0.15) is 0 Å². The van der Waals surface area contributed by atoms with E-state index in [0.29, 0.717) is 24.3 Å². The fourth-order valence-electron chi connectivity index (χ4n) is 2.00. The van der Waals surface area contributed by atoms with Crippen LogP contribution in [0.2, 0.25) is 0 Å². The van der Waals surface area contributed by atoms with Crippen molar-refractivity contribution in [2.75, 3.05) is 0 Å². The number of non-ortho nitro benzene ring substituents is 2. The van der Waals surface area contributed by atoms with E-state index in [-0.39, 0.29) is 23.1 Å². The molecule has 0 aliphatic carbocycles. The predicted octanol–water partition coefficient (Wildman–Crippen LogP) is 0.169. The Bertz CT molecular complexity index is 1020. The number of benzene rings is 2. The Morgan fingerprint density at radius 3 is 1.06 bits per heavy atom. The van der Waals surface area contributed by atoms with Crippen molar-refractivity contribution in [2.45, 2.75) is 0 Å². The molecule has 0 saturated carbocycles. The van der Waals surface area contributed by atoms with Gasteiger partial charge in [0.15, 0.2) is 0 Å². The molecule has 2 aromatic carbocycles. The van der Waals surface area contributed by atoms with E-state index in [1.807, 2.05) is 0 Å². The molecule has 33 heavy (non-hydrogen) atoms. The van der Waals surface area contributed by atoms with E-state index in [1.54, 1.807) is 0 Å². The van der Waals surface area contributed by atoms with Crippen LogP contribution < -0.4 is 10.2 Å². The molecule has 0 atom stereocenters. The number of carbonyl (C=O) groups is 2. The summed E-state index contributed by atoms with van der Waals surface area (Å²) < 4.78 is 0. The molecule has 0 aliphatic rings. The average molecular weight is 479 g/mol. The normalized spacial score (nSPS) is 9.45. The molecule has 0 unspecified atom stereocenters. The molecule has 0 aliphatic heterocycles. The van der Waals surface area contributed by atoms with E-state index in [1.165, 1.54) is 0 Å². The van der Waals surface area contributed by atoms with E-state index < -0.39 is 77.0 Å². The molecule has 0 spiro atoms. The molecule has 0 radical (unpaired) electrons. The number of carboxylic acid groups (broad SMARTS) is 2. The van der Waals surface area contributed by atoms with Crippen LogP contribution in [-0.4, -0.2) is 64.9 Å². The topological polar surface area (TPSA) is 293 Å². The first-order chi connectivity index (χ1) is 14.7. The van der Waals surface area contributed by atoms with E-state index >= 15 is 0 Å². The summed E-state index contributed by atoms with van der Waals surface area (Å²) in [4.78, 5) is 58.1. The Morgan fingerprint density at radius 2 is 0.879 bits per heavy atom. The summed E-state index contributed by atoms with van der Waals surface area (Å²) in [6, 6.07) is 1.82. The van der Waals surface area contributed by atoms with Gasteiger partial charge >= 0.3 is 35.0 Å². The fourth-order valence-corrected chi connectivity index (χ4v) is 2.00. The quantitative estimate of drug-likeness (QED) is 0.317. The first-order valence-electron chi connectivity index (χ1n) is 7.43. The largest absolute Gasteiger partial charge is 2.00 e. The summed E-state index contributed by atoms with van der Waals surface area (Å²) in [5.41, 5.74) is -5.90. The summed E-state index contributed by atoms with van der Waals surface area (Å²) in [6.45, 7) is 0. The molecule has 0 bridgehead atoms. The Balaban J connectivity index is 0.000000602. The Hall–Kier alpha value is -4.65. The standard InChI is InChI=1S/2C7H4N2O7.Mg/c2*10-6-4(7(11)12)1-3(8(13)14)2-5(6)9(15)16;/h2*1-2,10H,(H,11,12);/q;;+2/p-2. The third-order valence-corrected chi connectivity index (χ3v) is 3.38. The van der Waals surface area contributed by atoms with E-state index in [2.05, 4.69) is 0 Å². The third kappa shape index (κ3) is 6.66. The van der Waals surface area contributed by atoms with Crippen molar-refractivity contribution in [3.63, 3.8) is 0 Å². The number of nitrogens with zero attached hydrogens (tertiary/aromatic N) is 4. The van der Waals surface area contributed by atoms with Crippen LogP contribution in [0.25, 0.3) is 0 Å². The summed E-state index contributed by atoms with van der Waals surface area (Å²) in [5, 5.41) is 80.9. The molecule has 0 fully saturated rings. The van der Waals surface area contributed by atoms with Crippen LogP contribution in [0.15, 0.2) is 24.3 Å². The second kappa shape index (κ2) is 11.1. The van der Waals surface area contributed by atoms with Crippen molar-refractivity contribution in [3.8, 4) is 11.5 Å². The smallest absolute Gasteiger partial charge is 0.867 e. The number of hydrogen-bond donors (Lipinski definition) is 2. The first kappa shape index (κ1) is 28.3. The van der Waals surface area contributed by atoms with Crippen LogP contribution in [-0.2, 0) is 0 Å². The number of nitro groups is 4. The second-order valence-electron chi connectivity index (χ2n) is 5.32. The number of nitro benzene ring substituents is 4. The van der Waals surface area contributed by atoms with Crippen molar-refractivity contribution < 1.29 is 49.7 Å². The SMILES string of the molecule is O=C(O)c1cc([N+](=O)[O-])cc([N+](=O)[O-])c1[O-].O=C(O)c1cc([N+](=O)[O-])cc([N+](=O)[O-])c1[O-].[Mg+2]. The average Bonchev–Trinajstić information content (AvgIpc) is 2.67. The van der Waals surface area contributed by atoms with Crippen LogP contribution in [0.4, 0.5) is 22.7 Å². The minimum atomic E-state index is -1.75. The maximum atomic E-state index is 11.2. The summed E-state index contributed by atoms with van der Waals surface area (Å²) in [5.74, 6) is -6.22. The van der Waals surface area contributed by atoms with Crippen molar-refractivity contribution in [1.29, 1.82) is 0 Å². The van der Waals surface area contributed by atoms with Crippen molar-refractivity contribution in [1.82, 2.24) is 0 Å². The van der Waals surface area contributed by atoms with Gasteiger partial charge in [0, 0.05) is 12.1 Å². The Kier molecular flexibility index (Phi) is 9.54. The number of carboxylic acids is 2. The van der Waals surface area contributed by atoms with E-state index in [4.69, 9.17) is 10.2 Å². The molecule has 2 aromatic rings. The molecule has 168 valence electrons. The fraction of sp³-hybridized carbons (Fsp3) is 0. The molecular formula is C14H6MgN4O14. The van der Waals surface area contributed by atoms with Gasteiger partial charge in [-0.05, 0) is 11.5 Å². The predicted molar refractivity (Wildman–Crippen MR) is 98.1 cm³/mol. The van der Waals surface area contributed by atoms with E-state index in [0.717, 1.165) is 0 Å². The zero-order chi connectivity index (χ0) is 24.9. The van der Waals surface area contributed by atoms with Crippen LogP contribution in [0.3, 0.4) is 0 Å². The molecule has 2 rings (SSSR count). The van der Waals surface area contributed by atoms with Gasteiger partial charge in [-0.25, -0.2) is 9.59 Å². The number of rotatable bonds is 6. The van der Waals surface area contributed by atoms with Crippen molar-refractivity contribution >= 4 is 57.7 Å². The van der Waals surface area contributed by atoms with Gasteiger partial charge < -0.3 is 20.4 Å². The van der Waals surface area contributed by atoms with Gasteiger partial charge in [0.25, 0.3) is 22.7 Å². The molecule has 0 heterocycles. The second-order valence-corrected chi connectivity index (χ2v) is 5.32. The number of hydrogen-bond acceptors (Lipinski definition) is 12. The third-order valence-electron chi connectivity index (χ3n) is 3.38. The minimum Gasteiger partial charge on any atom is -0.867 e. The van der Waals surface area contributed by atoms with Gasteiger partial charge in [0.2, 0.25) is 0 Å². The van der Waals surface area contributed by atoms with Gasteiger partial charge in [-0.3, -0.25) is 40.5 Å². The molecule has 0 saturated heterocycles. The van der Waals surface area contributed by atoms with Gasteiger partial charge in [-0.2, -0.15) is 0 Å². The molecule has 2 N–H and O–H groups in total. The summed E-state index contributed by atoms with van der Waals surface area (Å²) >= 11 is 0. The molecule has 18 nitrogen and oxygen atoms in total. The zero-order valence-corrected chi connectivity index (χ0v) is 17.0. The maximum absolute atomic E-state index is 11.2. The minimum absolute atomic E-state index is 0. The van der Waals surface area contributed by atoms with Gasteiger partial charge in [-0.1, -0.05) is 0 Å². The van der Waals surface area contributed by atoms with Gasteiger partial charge in [-0.15, -0.1) is 0 Å². The van der Waals surface area contributed by atoms with Crippen LogP contribution in [0.1, 0.15) is 20.7 Å². The van der Waals surface area contributed by atoms with Crippen LogP contribution in [0, 0.1) is 40.5 Å². The monoisotopic (exact) mass is 478 g/mol. The van der Waals surface area contributed by atoms with Gasteiger partial charge in [0.05, 0.1) is 43.0 Å². The van der Waals surface area contributed by atoms with Crippen molar-refractivity contribution in [2.24, 2.45) is 0 Å². The summed E-state index contributed by atoms with van der Waals surface area (Å²) in [7, 11) is 0. The Morgan fingerprint density at radius 1 is 0.606 bits per heavy atom. The molecular weight excluding hydrogens is 472 g/mol. The molecule has 0 amide bonds. The maximum Gasteiger partial charge on any atom is 2.00 e. The molecule has 19 heteroatoms. The zero-order valence-electron chi connectivity index (χ0n) is 15.6. The summed E-state index contributed by atoms with van der Waals surface area (Å²) in [6.07, 6.45) is 0. The Labute approximate surface area is 195 Å². The molecule has 0 aromatic heterocycles. The van der Waals surface area contributed by atoms with Crippen LogP contribution >= 0.6 is 0 Å². The van der Waals surface area contributed by atoms with Crippen molar-refractivity contribution in [3.05, 3.63) is 75.8 Å². The van der Waals surface area contributed by atoms with E-state index in [9.17, 15) is 60.3 Å².